The van der Waals surface area contributed by atoms with Crippen LogP contribution in [0.4, 0.5) is 20.2 Å². The van der Waals surface area contributed by atoms with Gasteiger partial charge in [0.25, 0.3) is 5.91 Å². The molecule has 20 heavy (non-hydrogen) atoms. The first-order valence-electron chi connectivity index (χ1n) is 5.72. The summed E-state index contributed by atoms with van der Waals surface area (Å²) in [6.07, 6.45) is 0. The molecule has 6 heteroatoms. The molecule has 0 heterocycles. The molecule has 0 atom stereocenters. The summed E-state index contributed by atoms with van der Waals surface area (Å²) in [7, 11) is 1.37. The van der Waals surface area contributed by atoms with Gasteiger partial charge in [-0.3, -0.25) is 4.79 Å². The Morgan fingerprint density at radius 3 is 2.45 bits per heavy atom. The van der Waals surface area contributed by atoms with Crippen LogP contribution in [0.2, 0.25) is 0 Å². The molecule has 0 bridgehead atoms. The van der Waals surface area contributed by atoms with Crippen LogP contribution >= 0.6 is 0 Å². The van der Waals surface area contributed by atoms with Crippen LogP contribution in [0.5, 0.6) is 5.75 Å². The van der Waals surface area contributed by atoms with Crippen LogP contribution in [0.25, 0.3) is 0 Å². The van der Waals surface area contributed by atoms with Crippen molar-refractivity contribution < 1.29 is 18.3 Å². The molecule has 0 radical (unpaired) electrons. The average molecular weight is 278 g/mol. The van der Waals surface area contributed by atoms with Crippen LogP contribution in [0.3, 0.4) is 0 Å². The molecule has 0 aliphatic heterocycles. The van der Waals surface area contributed by atoms with Gasteiger partial charge in [-0.1, -0.05) is 6.07 Å². The van der Waals surface area contributed by atoms with Crippen molar-refractivity contribution in [3.63, 3.8) is 0 Å². The fourth-order valence-corrected chi connectivity index (χ4v) is 1.69. The number of methoxy groups -OCH3 is 1. The lowest BCUT2D eigenvalue weighted by Gasteiger charge is -2.11. The summed E-state index contributed by atoms with van der Waals surface area (Å²) in [6.45, 7) is 0. The third-order valence-corrected chi connectivity index (χ3v) is 2.67. The van der Waals surface area contributed by atoms with Gasteiger partial charge >= 0.3 is 0 Å². The van der Waals surface area contributed by atoms with Gasteiger partial charge in [-0.2, -0.15) is 0 Å². The molecule has 2 aromatic carbocycles. The Kier molecular flexibility index (Phi) is 3.84. The van der Waals surface area contributed by atoms with Crippen molar-refractivity contribution in [2.45, 2.75) is 0 Å². The fraction of sp³-hybridized carbons (Fsp3) is 0.0714. The van der Waals surface area contributed by atoms with Crippen LogP contribution in [0.15, 0.2) is 36.4 Å². The second-order valence-corrected chi connectivity index (χ2v) is 4.01. The van der Waals surface area contributed by atoms with Gasteiger partial charge in [0.15, 0.2) is 0 Å². The summed E-state index contributed by atoms with van der Waals surface area (Å²) in [5.74, 6) is -2.18. The smallest absolute Gasteiger partial charge is 0.259 e. The van der Waals surface area contributed by atoms with E-state index in [0.29, 0.717) is 5.69 Å². The van der Waals surface area contributed by atoms with Crippen LogP contribution in [0.1, 0.15) is 10.4 Å². The highest BCUT2D eigenvalue weighted by Crippen LogP contribution is 2.24. The molecule has 0 saturated heterocycles. The average Bonchev–Trinajstić information content (AvgIpc) is 2.42. The number of hydrogen-bond acceptors (Lipinski definition) is 3. The van der Waals surface area contributed by atoms with E-state index in [2.05, 4.69) is 5.32 Å². The second kappa shape index (κ2) is 5.56. The monoisotopic (exact) mass is 278 g/mol. The number of ether oxygens (including phenoxy) is 1. The second-order valence-electron chi connectivity index (χ2n) is 4.01. The van der Waals surface area contributed by atoms with E-state index in [-0.39, 0.29) is 11.3 Å². The molecule has 0 spiro atoms. The Hall–Kier alpha value is -2.63. The number of nitrogens with one attached hydrogen (secondary N) is 1. The van der Waals surface area contributed by atoms with E-state index >= 15 is 0 Å². The maximum Gasteiger partial charge on any atom is 0.259 e. The number of carbonyl (C=O) groups excluding carboxylic acids is 1. The maximum atomic E-state index is 13.5. The molecule has 0 aromatic heterocycles. The zero-order valence-corrected chi connectivity index (χ0v) is 10.6. The normalized spacial score (nSPS) is 10.2. The van der Waals surface area contributed by atoms with E-state index < -0.39 is 23.2 Å². The summed E-state index contributed by atoms with van der Waals surface area (Å²) in [5.41, 5.74) is 5.61. The summed E-state index contributed by atoms with van der Waals surface area (Å²) in [6, 6.07) is 7.69. The molecule has 0 saturated carbocycles. The quantitative estimate of drug-likeness (QED) is 0.848. The van der Waals surface area contributed by atoms with Gasteiger partial charge in [0.2, 0.25) is 0 Å². The number of anilines is 2. The van der Waals surface area contributed by atoms with Crippen molar-refractivity contribution in [1.29, 1.82) is 0 Å². The number of rotatable bonds is 3. The molecule has 4 nitrogen and oxygen atoms in total. The van der Waals surface area contributed by atoms with E-state index in [9.17, 15) is 13.6 Å². The molecule has 0 aliphatic carbocycles. The van der Waals surface area contributed by atoms with E-state index in [1.54, 1.807) is 0 Å². The number of carbonyl (C=O) groups is 1. The highest BCUT2D eigenvalue weighted by atomic mass is 19.1. The number of nitrogen functional groups attached to an aromatic ring is 1. The molecule has 2 aromatic rings. The van der Waals surface area contributed by atoms with Gasteiger partial charge in [0.05, 0.1) is 12.7 Å². The lowest BCUT2D eigenvalue weighted by atomic mass is 10.1. The highest BCUT2D eigenvalue weighted by Gasteiger charge is 2.16. The Morgan fingerprint density at radius 2 is 1.85 bits per heavy atom. The Morgan fingerprint density at radius 1 is 1.20 bits per heavy atom. The Bertz CT molecular complexity index is 639. The largest absolute Gasteiger partial charge is 0.496 e. The number of hydrogen-bond donors (Lipinski definition) is 2. The van der Waals surface area contributed by atoms with Gasteiger partial charge in [0, 0.05) is 11.8 Å². The van der Waals surface area contributed by atoms with Crippen molar-refractivity contribution in [1.82, 2.24) is 0 Å². The molecule has 104 valence electrons. The number of nitrogens with two attached hydrogens (primary N) is 1. The maximum absolute atomic E-state index is 13.5. The summed E-state index contributed by atoms with van der Waals surface area (Å²) in [4.78, 5) is 12.0. The first-order valence-corrected chi connectivity index (χ1v) is 5.72. The van der Waals surface area contributed by atoms with Crippen LogP contribution in [-0.2, 0) is 0 Å². The summed E-state index contributed by atoms with van der Waals surface area (Å²) >= 11 is 0. The van der Waals surface area contributed by atoms with Crippen LogP contribution in [0, 0.1) is 11.6 Å². The van der Waals surface area contributed by atoms with Gasteiger partial charge in [-0.15, -0.1) is 0 Å². The molecular weight excluding hydrogens is 266 g/mol. The van der Waals surface area contributed by atoms with Gasteiger partial charge < -0.3 is 15.8 Å². The van der Waals surface area contributed by atoms with Crippen molar-refractivity contribution in [2.75, 3.05) is 18.2 Å². The summed E-state index contributed by atoms with van der Waals surface area (Å²) < 4.78 is 32.0. The van der Waals surface area contributed by atoms with Crippen LogP contribution < -0.4 is 15.8 Å². The molecule has 0 unspecified atom stereocenters. The molecule has 0 aliphatic rings. The van der Waals surface area contributed by atoms with Gasteiger partial charge in [-0.25, -0.2) is 8.78 Å². The molecule has 0 fully saturated rings. The zero-order valence-electron chi connectivity index (χ0n) is 10.6. The van der Waals surface area contributed by atoms with E-state index in [1.165, 1.54) is 31.4 Å². The predicted octanol–water partition coefficient (Wildman–Crippen LogP) is 2.81. The lowest BCUT2D eigenvalue weighted by Crippen LogP contribution is -2.15. The summed E-state index contributed by atoms with van der Waals surface area (Å²) in [5, 5.41) is 2.18. The third kappa shape index (κ3) is 2.69. The number of para-hydroxylation sites is 1. The fourth-order valence-electron chi connectivity index (χ4n) is 1.69. The van der Waals surface area contributed by atoms with Gasteiger partial charge in [-0.05, 0) is 24.3 Å². The number of halogens is 2. The minimum atomic E-state index is -0.854. The minimum absolute atomic E-state index is 0.129. The SMILES string of the molecule is COc1cc(N)ccc1C(=O)Nc1c(F)cccc1F. The van der Waals surface area contributed by atoms with Crippen LogP contribution in [-0.4, -0.2) is 13.0 Å². The first kappa shape index (κ1) is 13.8. The lowest BCUT2D eigenvalue weighted by molar-refractivity contribution is 0.102. The van der Waals surface area contributed by atoms with E-state index in [4.69, 9.17) is 10.5 Å². The minimum Gasteiger partial charge on any atom is -0.496 e. The van der Waals surface area contributed by atoms with Crippen molar-refractivity contribution in [3.05, 3.63) is 53.6 Å². The first-order chi connectivity index (χ1) is 9.52. The topological polar surface area (TPSA) is 64.3 Å². The molecule has 1 amide bonds. The number of amides is 1. The van der Waals surface area contributed by atoms with Crippen molar-refractivity contribution in [3.8, 4) is 5.75 Å². The highest BCUT2D eigenvalue weighted by molar-refractivity contribution is 6.06. The molecular formula is C14H12F2N2O2. The molecule has 3 N–H and O–H groups in total. The van der Waals surface area contributed by atoms with E-state index in [0.717, 1.165) is 12.1 Å². The van der Waals surface area contributed by atoms with Gasteiger partial charge in [0.1, 0.15) is 23.1 Å². The predicted molar refractivity (Wildman–Crippen MR) is 71.7 cm³/mol. The molecule has 2 rings (SSSR count). The zero-order chi connectivity index (χ0) is 14.7. The third-order valence-electron chi connectivity index (χ3n) is 2.67. The Balaban J connectivity index is 2.33. The van der Waals surface area contributed by atoms with E-state index in [1.807, 2.05) is 0 Å². The van der Waals surface area contributed by atoms with Crippen molar-refractivity contribution in [2.24, 2.45) is 0 Å². The van der Waals surface area contributed by atoms with Crippen molar-refractivity contribution >= 4 is 17.3 Å². The standard InChI is InChI=1S/C14H12F2N2O2/c1-20-12-7-8(17)5-6-9(12)14(19)18-13-10(15)3-2-4-11(13)16/h2-7H,17H2,1H3,(H,18,19). The number of benzene rings is 2. The Labute approximate surface area is 114 Å².